The summed E-state index contributed by atoms with van der Waals surface area (Å²) in [4.78, 5) is 11.4. The molecule has 1 aromatic heterocycles. The van der Waals surface area contributed by atoms with Crippen molar-refractivity contribution in [2.75, 3.05) is 44.9 Å². The zero-order chi connectivity index (χ0) is 19.1. The third kappa shape index (κ3) is 5.18. The van der Waals surface area contributed by atoms with E-state index < -0.39 is 0 Å². The number of methoxy groups -OCH3 is 1. The Morgan fingerprint density at radius 1 is 0.963 bits per heavy atom. The number of rotatable bonds is 8. The SMILES string of the molecule is COc1ccccc1Nc1cc(-c2ccccc2)nc(NCCN(C)C)n1. The summed E-state index contributed by atoms with van der Waals surface area (Å²) in [5, 5.41) is 6.65. The van der Waals surface area contributed by atoms with Crippen LogP contribution in [0.5, 0.6) is 5.75 Å². The van der Waals surface area contributed by atoms with E-state index in [4.69, 9.17) is 4.74 Å². The van der Waals surface area contributed by atoms with Crippen LogP contribution in [-0.4, -0.2) is 49.2 Å². The highest BCUT2D eigenvalue weighted by Gasteiger charge is 2.09. The van der Waals surface area contributed by atoms with Crippen molar-refractivity contribution >= 4 is 17.5 Å². The summed E-state index contributed by atoms with van der Waals surface area (Å²) in [6.07, 6.45) is 0. The summed E-state index contributed by atoms with van der Waals surface area (Å²) >= 11 is 0. The second-order valence-electron chi connectivity index (χ2n) is 6.38. The zero-order valence-corrected chi connectivity index (χ0v) is 15.9. The molecule has 0 saturated heterocycles. The lowest BCUT2D eigenvalue weighted by Crippen LogP contribution is -2.21. The van der Waals surface area contributed by atoms with Gasteiger partial charge in [0.05, 0.1) is 18.5 Å². The van der Waals surface area contributed by atoms with Crippen LogP contribution in [0.4, 0.5) is 17.5 Å². The van der Waals surface area contributed by atoms with Gasteiger partial charge in [0.15, 0.2) is 0 Å². The lowest BCUT2D eigenvalue weighted by molar-refractivity contribution is 0.417. The summed E-state index contributed by atoms with van der Waals surface area (Å²) < 4.78 is 5.43. The van der Waals surface area contributed by atoms with Gasteiger partial charge in [-0.3, -0.25) is 0 Å². The highest BCUT2D eigenvalue weighted by atomic mass is 16.5. The molecule has 1 heterocycles. The minimum absolute atomic E-state index is 0.593. The van der Waals surface area contributed by atoms with Crippen molar-refractivity contribution in [3.05, 3.63) is 60.7 Å². The number of ether oxygens (including phenoxy) is 1. The lowest BCUT2D eigenvalue weighted by atomic mass is 10.1. The average molecular weight is 363 g/mol. The van der Waals surface area contributed by atoms with Crippen molar-refractivity contribution in [2.45, 2.75) is 0 Å². The van der Waals surface area contributed by atoms with E-state index in [0.29, 0.717) is 11.8 Å². The van der Waals surface area contributed by atoms with Crippen LogP contribution >= 0.6 is 0 Å². The van der Waals surface area contributed by atoms with E-state index in [1.54, 1.807) is 7.11 Å². The molecule has 3 aromatic rings. The van der Waals surface area contributed by atoms with Crippen LogP contribution in [0.3, 0.4) is 0 Å². The standard InChI is InChI=1S/C21H25N5O/c1-26(2)14-13-22-21-24-18(16-9-5-4-6-10-16)15-20(25-21)23-17-11-7-8-12-19(17)27-3/h4-12,15H,13-14H2,1-3H3,(H2,22,23,24,25). The van der Waals surface area contributed by atoms with Crippen molar-refractivity contribution in [3.8, 4) is 17.0 Å². The molecule has 27 heavy (non-hydrogen) atoms. The monoisotopic (exact) mass is 363 g/mol. The fourth-order valence-electron chi connectivity index (χ4n) is 2.62. The number of aromatic nitrogens is 2. The summed E-state index contributed by atoms with van der Waals surface area (Å²) in [6, 6.07) is 19.8. The normalized spacial score (nSPS) is 10.7. The van der Waals surface area contributed by atoms with Crippen molar-refractivity contribution in [2.24, 2.45) is 0 Å². The predicted octanol–water partition coefficient (Wildman–Crippen LogP) is 3.87. The number of para-hydroxylation sites is 2. The predicted molar refractivity (Wildman–Crippen MR) is 111 cm³/mol. The first-order valence-electron chi connectivity index (χ1n) is 8.89. The Hall–Kier alpha value is -3.12. The number of nitrogens with zero attached hydrogens (tertiary/aromatic N) is 3. The molecule has 0 unspecified atom stereocenters. The number of anilines is 3. The first-order chi connectivity index (χ1) is 13.2. The maximum atomic E-state index is 5.43. The highest BCUT2D eigenvalue weighted by Crippen LogP contribution is 2.28. The molecule has 0 amide bonds. The van der Waals surface area contributed by atoms with Gasteiger partial charge in [0.1, 0.15) is 11.6 Å². The summed E-state index contributed by atoms with van der Waals surface area (Å²) in [7, 11) is 5.74. The quantitative estimate of drug-likeness (QED) is 0.633. The summed E-state index contributed by atoms with van der Waals surface area (Å²) in [5.41, 5.74) is 2.76. The van der Waals surface area contributed by atoms with E-state index in [9.17, 15) is 0 Å². The molecular formula is C21H25N5O. The largest absolute Gasteiger partial charge is 0.495 e. The molecule has 2 aromatic carbocycles. The molecule has 0 atom stereocenters. The van der Waals surface area contributed by atoms with Crippen LogP contribution in [0.25, 0.3) is 11.3 Å². The van der Waals surface area contributed by atoms with Gasteiger partial charge in [-0.25, -0.2) is 4.98 Å². The minimum atomic E-state index is 0.593. The first-order valence-corrected chi connectivity index (χ1v) is 8.89. The molecule has 0 saturated carbocycles. The number of benzene rings is 2. The van der Waals surface area contributed by atoms with Crippen LogP contribution in [0, 0.1) is 0 Å². The van der Waals surface area contributed by atoms with Crippen molar-refractivity contribution in [3.63, 3.8) is 0 Å². The van der Waals surface area contributed by atoms with Gasteiger partial charge < -0.3 is 20.3 Å². The van der Waals surface area contributed by atoms with E-state index in [1.165, 1.54) is 0 Å². The maximum absolute atomic E-state index is 5.43. The molecule has 0 aliphatic carbocycles. The molecular weight excluding hydrogens is 338 g/mol. The van der Waals surface area contributed by atoms with E-state index in [0.717, 1.165) is 35.8 Å². The van der Waals surface area contributed by atoms with Crippen molar-refractivity contribution in [1.82, 2.24) is 14.9 Å². The van der Waals surface area contributed by atoms with Crippen LogP contribution in [-0.2, 0) is 0 Å². The molecule has 3 rings (SSSR count). The first kappa shape index (κ1) is 18.7. The fraction of sp³-hybridized carbons (Fsp3) is 0.238. The van der Waals surface area contributed by atoms with E-state index in [2.05, 4.69) is 25.5 Å². The molecule has 140 valence electrons. The summed E-state index contributed by atoms with van der Waals surface area (Å²) in [6.45, 7) is 1.66. The molecule has 2 N–H and O–H groups in total. The van der Waals surface area contributed by atoms with Crippen LogP contribution in [0.2, 0.25) is 0 Å². The van der Waals surface area contributed by atoms with Crippen LogP contribution < -0.4 is 15.4 Å². The molecule has 0 bridgehead atoms. The maximum Gasteiger partial charge on any atom is 0.225 e. The van der Waals surface area contributed by atoms with Gasteiger partial charge in [0.25, 0.3) is 0 Å². The molecule has 6 nitrogen and oxygen atoms in total. The van der Waals surface area contributed by atoms with E-state index in [1.807, 2.05) is 74.8 Å². The van der Waals surface area contributed by atoms with Crippen LogP contribution in [0.1, 0.15) is 0 Å². The lowest BCUT2D eigenvalue weighted by Gasteiger charge is -2.14. The Labute approximate surface area is 160 Å². The van der Waals surface area contributed by atoms with Gasteiger partial charge in [0.2, 0.25) is 5.95 Å². The molecule has 0 radical (unpaired) electrons. The van der Waals surface area contributed by atoms with Crippen molar-refractivity contribution in [1.29, 1.82) is 0 Å². The van der Waals surface area contributed by atoms with E-state index >= 15 is 0 Å². The topological polar surface area (TPSA) is 62.3 Å². The second kappa shape index (κ2) is 9.00. The average Bonchev–Trinajstić information content (AvgIpc) is 2.69. The Kier molecular flexibility index (Phi) is 6.22. The molecule has 0 aliphatic rings. The third-order valence-corrected chi connectivity index (χ3v) is 4.01. The van der Waals surface area contributed by atoms with Gasteiger partial charge in [-0.1, -0.05) is 42.5 Å². The van der Waals surface area contributed by atoms with Gasteiger partial charge >= 0.3 is 0 Å². The third-order valence-electron chi connectivity index (χ3n) is 4.01. The second-order valence-corrected chi connectivity index (χ2v) is 6.38. The molecule has 0 spiro atoms. The van der Waals surface area contributed by atoms with Gasteiger partial charge in [-0.15, -0.1) is 0 Å². The molecule has 0 aliphatic heterocycles. The Bertz CT molecular complexity index is 867. The highest BCUT2D eigenvalue weighted by molar-refractivity contribution is 5.69. The molecule has 0 fully saturated rings. The Balaban J connectivity index is 1.91. The number of nitrogens with one attached hydrogen (secondary N) is 2. The Morgan fingerprint density at radius 2 is 1.70 bits per heavy atom. The van der Waals surface area contributed by atoms with Crippen LogP contribution in [0.15, 0.2) is 60.7 Å². The number of hydrogen-bond acceptors (Lipinski definition) is 6. The van der Waals surface area contributed by atoms with Gasteiger partial charge in [-0.2, -0.15) is 4.98 Å². The number of likely N-dealkylation sites (N-methyl/N-ethyl adjacent to an activating group) is 1. The van der Waals surface area contributed by atoms with Gasteiger partial charge in [0, 0.05) is 24.7 Å². The van der Waals surface area contributed by atoms with Crippen molar-refractivity contribution < 1.29 is 4.74 Å². The van der Waals surface area contributed by atoms with Gasteiger partial charge in [-0.05, 0) is 26.2 Å². The Morgan fingerprint density at radius 3 is 2.44 bits per heavy atom. The fourth-order valence-corrected chi connectivity index (χ4v) is 2.62. The molecule has 6 heteroatoms. The van der Waals surface area contributed by atoms with E-state index in [-0.39, 0.29) is 0 Å². The number of hydrogen-bond donors (Lipinski definition) is 2. The summed E-state index contributed by atoms with van der Waals surface area (Å²) in [5.74, 6) is 2.07. The smallest absolute Gasteiger partial charge is 0.225 e. The minimum Gasteiger partial charge on any atom is -0.495 e. The zero-order valence-electron chi connectivity index (χ0n) is 15.9.